The summed E-state index contributed by atoms with van der Waals surface area (Å²) in [5.74, 6) is 1.97. The normalized spacial score (nSPS) is 21.8. The van der Waals surface area contributed by atoms with Crippen molar-refractivity contribution < 1.29 is 4.74 Å². The number of aliphatic imine (C=N–C) groups is 1. The first-order valence-electron chi connectivity index (χ1n) is 8.51. The van der Waals surface area contributed by atoms with Crippen LogP contribution in [0.1, 0.15) is 58.9 Å². The third-order valence-corrected chi connectivity index (χ3v) is 3.98. The molecule has 1 aliphatic rings. The van der Waals surface area contributed by atoms with E-state index in [0.717, 1.165) is 24.3 Å². The number of nitrogens with two attached hydrogens (primary N) is 1. The summed E-state index contributed by atoms with van der Waals surface area (Å²) in [5, 5.41) is 3.15. The van der Waals surface area contributed by atoms with Crippen molar-refractivity contribution in [1.82, 2.24) is 10.3 Å². The molecule has 1 fully saturated rings. The summed E-state index contributed by atoms with van der Waals surface area (Å²) >= 11 is 0. The van der Waals surface area contributed by atoms with E-state index in [2.05, 4.69) is 43.0 Å². The van der Waals surface area contributed by atoms with Crippen LogP contribution in [-0.2, 0) is 6.54 Å². The summed E-state index contributed by atoms with van der Waals surface area (Å²) < 4.78 is 6.03. The minimum absolute atomic E-state index is 0. The SMILES string of the molecule is CC1CCC(Oc2cc(CN=C(N)NC(C)(C)C)ccn2)CC1.I. The quantitative estimate of drug-likeness (QED) is 0.419. The number of hydrogen-bond donors (Lipinski definition) is 2. The number of pyridine rings is 1. The maximum Gasteiger partial charge on any atom is 0.213 e. The molecule has 1 aromatic heterocycles. The summed E-state index contributed by atoms with van der Waals surface area (Å²) in [7, 11) is 0. The van der Waals surface area contributed by atoms with E-state index in [1.165, 1.54) is 12.8 Å². The molecular formula is C18H31IN4O. The number of aromatic nitrogens is 1. The van der Waals surface area contributed by atoms with Gasteiger partial charge < -0.3 is 15.8 Å². The van der Waals surface area contributed by atoms with E-state index in [1.54, 1.807) is 6.20 Å². The van der Waals surface area contributed by atoms with Crippen LogP contribution in [0.25, 0.3) is 0 Å². The average molecular weight is 446 g/mol. The Morgan fingerprint density at radius 3 is 2.62 bits per heavy atom. The minimum Gasteiger partial charge on any atom is -0.474 e. The highest BCUT2D eigenvalue weighted by Gasteiger charge is 2.19. The van der Waals surface area contributed by atoms with Gasteiger partial charge in [-0.1, -0.05) is 6.92 Å². The second-order valence-electron chi connectivity index (χ2n) is 7.58. The number of nitrogens with zero attached hydrogens (tertiary/aromatic N) is 2. The molecule has 1 saturated carbocycles. The van der Waals surface area contributed by atoms with E-state index < -0.39 is 0 Å². The van der Waals surface area contributed by atoms with E-state index in [0.29, 0.717) is 24.5 Å². The van der Waals surface area contributed by atoms with Crippen LogP contribution in [0.2, 0.25) is 0 Å². The van der Waals surface area contributed by atoms with Crippen molar-refractivity contribution in [3.63, 3.8) is 0 Å². The Labute approximate surface area is 162 Å². The molecule has 24 heavy (non-hydrogen) atoms. The third kappa shape index (κ3) is 7.68. The van der Waals surface area contributed by atoms with Crippen LogP contribution in [0.15, 0.2) is 23.3 Å². The van der Waals surface area contributed by atoms with Gasteiger partial charge in [-0.25, -0.2) is 9.98 Å². The molecule has 0 bridgehead atoms. The largest absolute Gasteiger partial charge is 0.474 e. The van der Waals surface area contributed by atoms with Gasteiger partial charge in [0.15, 0.2) is 5.96 Å². The molecule has 1 aliphatic carbocycles. The Kier molecular flexibility index (Phi) is 8.26. The lowest BCUT2D eigenvalue weighted by molar-refractivity contribution is 0.130. The molecule has 0 atom stereocenters. The lowest BCUT2D eigenvalue weighted by atomic mass is 9.89. The molecule has 6 heteroatoms. The predicted molar refractivity (Wildman–Crippen MR) is 110 cm³/mol. The van der Waals surface area contributed by atoms with Crippen molar-refractivity contribution in [2.24, 2.45) is 16.6 Å². The second kappa shape index (κ2) is 9.44. The number of rotatable bonds is 4. The second-order valence-corrected chi connectivity index (χ2v) is 7.58. The molecule has 0 aromatic carbocycles. The summed E-state index contributed by atoms with van der Waals surface area (Å²) in [5.41, 5.74) is 6.87. The van der Waals surface area contributed by atoms with Gasteiger partial charge in [0.1, 0.15) is 6.10 Å². The van der Waals surface area contributed by atoms with Crippen LogP contribution in [0.3, 0.4) is 0 Å². The van der Waals surface area contributed by atoms with Crippen molar-refractivity contribution in [2.75, 3.05) is 0 Å². The van der Waals surface area contributed by atoms with Crippen molar-refractivity contribution in [3.8, 4) is 5.88 Å². The van der Waals surface area contributed by atoms with Gasteiger partial charge in [-0.3, -0.25) is 0 Å². The molecule has 3 N–H and O–H groups in total. The zero-order valence-electron chi connectivity index (χ0n) is 15.2. The number of guanidine groups is 1. The highest BCUT2D eigenvalue weighted by atomic mass is 127. The molecule has 2 rings (SSSR count). The monoisotopic (exact) mass is 446 g/mol. The molecule has 1 aromatic rings. The van der Waals surface area contributed by atoms with Crippen LogP contribution >= 0.6 is 24.0 Å². The number of ether oxygens (including phenoxy) is 1. The smallest absolute Gasteiger partial charge is 0.213 e. The van der Waals surface area contributed by atoms with E-state index in [9.17, 15) is 0 Å². The van der Waals surface area contributed by atoms with Crippen LogP contribution < -0.4 is 15.8 Å². The summed E-state index contributed by atoms with van der Waals surface area (Å²) in [6, 6.07) is 3.91. The van der Waals surface area contributed by atoms with Gasteiger partial charge in [0.05, 0.1) is 6.54 Å². The Balaban J connectivity index is 0.00000288. The highest BCUT2D eigenvalue weighted by Crippen LogP contribution is 2.26. The molecule has 0 spiro atoms. The molecular weight excluding hydrogens is 415 g/mol. The van der Waals surface area contributed by atoms with Gasteiger partial charge in [-0.15, -0.1) is 24.0 Å². The van der Waals surface area contributed by atoms with E-state index in [-0.39, 0.29) is 29.5 Å². The van der Waals surface area contributed by atoms with Gasteiger partial charge in [0.25, 0.3) is 0 Å². The molecule has 0 radical (unpaired) electrons. The van der Waals surface area contributed by atoms with Gasteiger partial charge in [-0.05, 0) is 64.0 Å². The zero-order valence-corrected chi connectivity index (χ0v) is 17.5. The lowest BCUT2D eigenvalue weighted by Gasteiger charge is -2.26. The number of halogens is 1. The first-order chi connectivity index (χ1) is 10.8. The fourth-order valence-corrected chi connectivity index (χ4v) is 2.73. The fourth-order valence-electron chi connectivity index (χ4n) is 2.73. The average Bonchev–Trinajstić information content (AvgIpc) is 2.46. The van der Waals surface area contributed by atoms with Crippen molar-refractivity contribution in [2.45, 2.75) is 71.6 Å². The summed E-state index contributed by atoms with van der Waals surface area (Å²) in [6.45, 7) is 9.00. The van der Waals surface area contributed by atoms with Crippen LogP contribution in [0.5, 0.6) is 5.88 Å². The molecule has 0 unspecified atom stereocenters. The maximum atomic E-state index is 6.03. The topological polar surface area (TPSA) is 72.5 Å². The van der Waals surface area contributed by atoms with E-state index in [1.807, 2.05) is 12.1 Å². The van der Waals surface area contributed by atoms with Crippen molar-refractivity contribution in [1.29, 1.82) is 0 Å². The maximum absolute atomic E-state index is 6.03. The molecule has 5 nitrogen and oxygen atoms in total. The third-order valence-electron chi connectivity index (χ3n) is 3.98. The lowest BCUT2D eigenvalue weighted by Crippen LogP contribution is -2.44. The van der Waals surface area contributed by atoms with Gasteiger partial charge in [-0.2, -0.15) is 0 Å². The van der Waals surface area contributed by atoms with Crippen LogP contribution in [-0.4, -0.2) is 22.6 Å². The standard InChI is InChI=1S/C18H30N4O.HI/c1-13-5-7-15(8-6-13)23-16-11-14(9-10-20-16)12-21-17(19)22-18(2,3)4;/h9-11,13,15H,5-8,12H2,1-4H3,(H3,19,21,22);1H. The first kappa shape index (κ1) is 21.0. The van der Waals surface area contributed by atoms with Crippen LogP contribution in [0, 0.1) is 5.92 Å². The van der Waals surface area contributed by atoms with Crippen LogP contribution in [0.4, 0.5) is 0 Å². The highest BCUT2D eigenvalue weighted by molar-refractivity contribution is 14.0. The Hall–Kier alpha value is -1.05. The Bertz CT molecular complexity index is 534. The summed E-state index contributed by atoms with van der Waals surface area (Å²) in [6.07, 6.45) is 6.79. The molecule has 1 heterocycles. The minimum atomic E-state index is -0.0851. The summed E-state index contributed by atoms with van der Waals surface area (Å²) in [4.78, 5) is 8.70. The fraction of sp³-hybridized carbons (Fsp3) is 0.667. The van der Waals surface area contributed by atoms with Gasteiger partial charge in [0.2, 0.25) is 5.88 Å². The molecule has 0 aliphatic heterocycles. The molecule has 136 valence electrons. The van der Waals surface area contributed by atoms with E-state index in [4.69, 9.17) is 10.5 Å². The van der Waals surface area contributed by atoms with Gasteiger partial charge in [0, 0.05) is 17.8 Å². The number of hydrogen-bond acceptors (Lipinski definition) is 3. The van der Waals surface area contributed by atoms with Crippen molar-refractivity contribution >= 4 is 29.9 Å². The van der Waals surface area contributed by atoms with E-state index >= 15 is 0 Å². The molecule has 0 saturated heterocycles. The molecule has 0 amide bonds. The Morgan fingerprint density at radius 1 is 1.33 bits per heavy atom. The predicted octanol–water partition coefficient (Wildman–Crippen LogP) is 3.86. The number of nitrogens with one attached hydrogen (secondary N) is 1. The zero-order chi connectivity index (χ0) is 16.9. The van der Waals surface area contributed by atoms with Gasteiger partial charge >= 0.3 is 0 Å². The Morgan fingerprint density at radius 2 is 2.00 bits per heavy atom. The first-order valence-corrected chi connectivity index (χ1v) is 8.51. The van der Waals surface area contributed by atoms with Crippen molar-refractivity contribution in [3.05, 3.63) is 23.9 Å².